The molecule has 0 saturated carbocycles. The van der Waals surface area contributed by atoms with E-state index in [0.29, 0.717) is 17.2 Å². The number of pyridine rings is 2. The first kappa shape index (κ1) is 41.2. The fourth-order valence-electron chi connectivity index (χ4n) is 4.90. The highest BCUT2D eigenvalue weighted by atomic mass is 79.9. The fraction of sp³-hybridized carbons (Fsp3) is 0.111. The molecule has 0 unspecified atom stereocenters. The van der Waals surface area contributed by atoms with Gasteiger partial charge in [-0.15, -0.1) is 10.2 Å². The van der Waals surface area contributed by atoms with E-state index in [1.54, 1.807) is 18.2 Å². The molecule has 0 aliphatic rings. The van der Waals surface area contributed by atoms with Gasteiger partial charge in [0, 0.05) is 40.7 Å². The number of nitrogens with two attached hydrogens (primary N) is 2. The van der Waals surface area contributed by atoms with Crippen LogP contribution in [-0.2, 0) is 9.59 Å². The fourth-order valence-corrected chi connectivity index (χ4v) is 5.55. The van der Waals surface area contributed by atoms with Crippen molar-refractivity contribution >= 4 is 81.5 Å². The van der Waals surface area contributed by atoms with Gasteiger partial charge in [0.2, 0.25) is 0 Å². The summed E-state index contributed by atoms with van der Waals surface area (Å²) >= 11 is 14.6. The molecule has 0 radical (unpaired) electrons. The number of hydrogen-bond donors (Lipinski definition) is 4. The molecule has 54 heavy (non-hydrogen) atoms. The molecular formula is C36H34BBrCl2N10O4. The second kappa shape index (κ2) is 19.0. The molecule has 0 fully saturated rings. The smallest absolute Gasteiger partial charge is 0.423 e. The van der Waals surface area contributed by atoms with Crippen LogP contribution >= 0.6 is 39.1 Å². The number of benzene rings is 2. The topological polar surface area (TPSA) is 214 Å². The van der Waals surface area contributed by atoms with E-state index in [2.05, 4.69) is 58.2 Å². The molecule has 0 aliphatic carbocycles. The van der Waals surface area contributed by atoms with Gasteiger partial charge in [0.05, 0.1) is 11.8 Å². The Morgan fingerprint density at radius 2 is 1.17 bits per heavy atom. The maximum absolute atomic E-state index is 11.8. The van der Waals surface area contributed by atoms with Crippen molar-refractivity contribution in [3.8, 4) is 22.8 Å². The van der Waals surface area contributed by atoms with Crippen LogP contribution in [-0.4, -0.2) is 68.5 Å². The first-order valence-corrected chi connectivity index (χ1v) is 17.4. The van der Waals surface area contributed by atoms with Crippen molar-refractivity contribution in [2.45, 2.75) is 27.7 Å². The summed E-state index contributed by atoms with van der Waals surface area (Å²) in [5.41, 5.74) is 17.9. The number of hydrogen-bond acceptors (Lipinski definition) is 10. The predicted molar refractivity (Wildman–Crippen MR) is 214 cm³/mol. The van der Waals surface area contributed by atoms with Gasteiger partial charge < -0.3 is 21.5 Å². The Morgan fingerprint density at radius 1 is 0.704 bits per heavy atom. The molecule has 18 heteroatoms. The summed E-state index contributed by atoms with van der Waals surface area (Å²) in [5, 5.41) is 26.3. The van der Waals surface area contributed by atoms with Crippen molar-refractivity contribution < 1.29 is 19.6 Å². The van der Waals surface area contributed by atoms with Crippen LogP contribution in [0.5, 0.6) is 0 Å². The maximum atomic E-state index is 11.8. The summed E-state index contributed by atoms with van der Waals surface area (Å²) in [4.78, 5) is 38.9. The molecule has 4 heterocycles. The quantitative estimate of drug-likeness (QED) is 0.0939. The molecule has 4 aromatic heterocycles. The molecule has 0 aliphatic heterocycles. The van der Waals surface area contributed by atoms with Crippen LogP contribution in [0.3, 0.4) is 0 Å². The average Bonchev–Trinajstić information content (AvgIpc) is 3.78. The summed E-state index contributed by atoms with van der Waals surface area (Å²) in [5.74, 6) is -0.0150. The molecule has 0 spiro atoms. The molecular weight excluding hydrogens is 798 g/mol. The Hall–Kier alpha value is -5.52. The number of nitrogens with zero attached hydrogens (tertiary/aromatic N) is 8. The van der Waals surface area contributed by atoms with E-state index >= 15 is 0 Å². The predicted octanol–water partition coefficient (Wildman–Crippen LogP) is 4.75. The number of amides is 2. The number of aromatic nitrogens is 8. The lowest BCUT2D eigenvalue weighted by atomic mass is 9.82. The van der Waals surface area contributed by atoms with Gasteiger partial charge in [-0.05, 0) is 86.1 Å². The number of aryl methyl sites for hydroxylation is 4. The number of rotatable bonds is 8. The van der Waals surface area contributed by atoms with Crippen LogP contribution in [0.15, 0.2) is 90.2 Å². The van der Waals surface area contributed by atoms with Crippen molar-refractivity contribution in [3.05, 3.63) is 128 Å². The van der Waals surface area contributed by atoms with Crippen LogP contribution in [0, 0.1) is 27.7 Å². The third kappa shape index (κ3) is 11.7. The highest BCUT2D eigenvalue weighted by Crippen LogP contribution is 2.23. The lowest BCUT2D eigenvalue weighted by Gasteiger charge is -2.05. The minimum atomic E-state index is -1.54. The number of carbonyl (C=O) groups excluding carboxylic acids is 2. The lowest BCUT2D eigenvalue weighted by molar-refractivity contribution is -0.114. The molecule has 0 bridgehead atoms. The van der Waals surface area contributed by atoms with Crippen LogP contribution < -0.4 is 16.9 Å². The SMILES string of the molecule is Cc1cc(C)cc(-c2ncn(/C=C(/C(N)=O)c3cccnc3Cl)n2)c1.Cc1cc(C)cc(-c2ncn(/C=C(\Br)C(N)=O)n2)c1.OB(O)c1cccnc1Cl. The summed E-state index contributed by atoms with van der Waals surface area (Å²) in [6.45, 7) is 8.08. The molecule has 0 saturated heterocycles. The van der Waals surface area contributed by atoms with Gasteiger partial charge in [-0.25, -0.2) is 29.3 Å². The number of primary amides is 2. The van der Waals surface area contributed by atoms with E-state index in [0.717, 1.165) is 33.4 Å². The van der Waals surface area contributed by atoms with Gasteiger partial charge in [0.25, 0.3) is 11.8 Å². The standard InChI is InChI=1S/C18H16ClN5O.C13H13BrN4O.C5H5BClNO2/c1-11-6-12(2)8-13(7-11)18-22-10-24(23-18)9-15(17(20)25)14-4-3-5-21-16(14)19;1-8-3-9(2)5-10(4-8)13-16-7-18(17-13)6-11(14)12(15)19;7-5-4(6(9)10)2-1-3-8-5/h3-10H,1-2H3,(H2,20,25);3-7H,1-2H3,(H2,15,19);1-3,9-10H/b15-9+;11-6-;. The van der Waals surface area contributed by atoms with E-state index in [-0.39, 0.29) is 25.8 Å². The molecule has 14 nitrogen and oxygen atoms in total. The van der Waals surface area contributed by atoms with Crippen molar-refractivity contribution in [2.24, 2.45) is 11.5 Å². The van der Waals surface area contributed by atoms with Gasteiger partial charge in [0.1, 0.15) is 27.4 Å². The molecule has 276 valence electrons. The van der Waals surface area contributed by atoms with Gasteiger partial charge >= 0.3 is 7.12 Å². The van der Waals surface area contributed by atoms with Crippen LogP contribution in [0.2, 0.25) is 10.3 Å². The van der Waals surface area contributed by atoms with Gasteiger partial charge in [-0.3, -0.25) is 9.59 Å². The molecule has 6 rings (SSSR count). The molecule has 2 amide bonds. The summed E-state index contributed by atoms with van der Waals surface area (Å²) in [6, 6.07) is 18.6. The Morgan fingerprint density at radius 3 is 1.57 bits per heavy atom. The van der Waals surface area contributed by atoms with Crippen LogP contribution in [0.1, 0.15) is 27.8 Å². The Kier molecular flexibility index (Phi) is 14.5. The van der Waals surface area contributed by atoms with Gasteiger partial charge in [-0.2, -0.15) is 0 Å². The van der Waals surface area contributed by atoms with E-state index in [9.17, 15) is 9.59 Å². The molecule has 0 atom stereocenters. The van der Waals surface area contributed by atoms with E-state index < -0.39 is 18.9 Å². The minimum absolute atomic E-state index is 0.123. The van der Waals surface area contributed by atoms with E-state index in [1.165, 1.54) is 52.9 Å². The summed E-state index contributed by atoms with van der Waals surface area (Å²) in [6.07, 6.45) is 9.02. The van der Waals surface area contributed by atoms with Crippen LogP contribution in [0.25, 0.3) is 40.7 Å². The van der Waals surface area contributed by atoms with Crippen molar-refractivity contribution in [1.82, 2.24) is 39.5 Å². The normalized spacial score (nSPS) is 11.2. The summed E-state index contributed by atoms with van der Waals surface area (Å²) < 4.78 is 3.13. The zero-order valence-electron chi connectivity index (χ0n) is 29.4. The summed E-state index contributed by atoms with van der Waals surface area (Å²) in [7, 11) is -1.54. The van der Waals surface area contributed by atoms with E-state index in [1.807, 2.05) is 52.0 Å². The average molecular weight is 832 g/mol. The number of halogens is 3. The number of carbonyl (C=O) groups is 2. The Labute approximate surface area is 329 Å². The molecule has 6 aromatic rings. The first-order valence-electron chi connectivity index (χ1n) is 15.9. The second-order valence-electron chi connectivity index (χ2n) is 11.7. The van der Waals surface area contributed by atoms with Crippen molar-refractivity contribution in [3.63, 3.8) is 0 Å². The van der Waals surface area contributed by atoms with Gasteiger partial charge in [0.15, 0.2) is 11.6 Å². The molecule has 6 N–H and O–H groups in total. The highest BCUT2D eigenvalue weighted by molar-refractivity contribution is 9.12. The van der Waals surface area contributed by atoms with Crippen molar-refractivity contribution in [2.75, 3.05) is 0 Å². The zero-order valence-corrected chi connectivity index (χ0v) is 32.5. The lowest BCUT2D eigenvalue weighted by Crippen LogP contribution is -2.31. The third-order valence-electron chi connectivity index (χ3n) is 7.10. The minimum Gasteiger partial charge on any atom is -0.423 e. The van der Waals surface area contributed by atoms with Gasteiger partial charge in [-0.1, -0.05) is 63.7 Å². The largest absolute Gasteiger partial charge is 0.491 e. The van der Waals surface area contributed by atoms with Crippen molar-refractivity contribution in [1.29, 1.82) is 0 Å². The highest BCUT2D eigenvalue weighted by Gasteiger charge is 2.15. The Balaban J connectivity index is 0.000000197. The Bertz CT molecular complexity index is 2310. The maximum Gasteiger partial charge on any atom is 0.491 e. The third-order valence-corrected chi connectivity index (χ3v) is 8.31. The monoisotopic (exact) mass is 830 g/mol. The van der Waals surface area contributed by atoms with Crippen LogP contribution in [0.4, 0.5) is 0 Å². The second-order valence-corrected chi connectivity index (χ2v) is 13.3. The van der Waals surface area contributed by atoms with E-state index in [4.69, 9.17) is 44.7 Å². The first-order chi connectivity index (χ1) is 25.6. The zero-order chi connectivity index (χ0) is 39.5. The molecule has 2 aromatic carbocycles.